The van der Waals surface area contributed by atoms with Crippen molar-refractivity contribution in [2.45, 2.75) is 18.6 Å². The molecule has 0 bridgehead atoms. The van der Waals surface area contributed by atoms with E-state index in [0.717, 1.165) is 10.9 Å². The van der Waals surface area contributed by atoms with Crippen LogP contribution in [0.25, 0.3) is 10.9 Å². The monoisotopic (exact) mass is 299 g/mol. The third-order valence-electron chi connectivity index (χ3n) is 2.73. The summed E-state index contributed by atoms with van der Waals surface area (Å²) >= 11 is 3.23. The highest BCUT2D eigenvalue weighted by Gasteiger charge is 2.18. The highest BCUT2D eigenvalue weighted by molar-refractivity contribution is 9.09. The van der Waals surface area contributed by atoms with Crippen molar-refractivity contribution in [2.24, 2.45) is 0 Å². The maximum absolute atomic E-state index is 9.95. The molecule has 2 rings (SSSR count). The van der Waals surface area contributed by atoms with Crippen molar-refractivity contribution in [2.75, 3.05) is 11.1 Å². The number of nitrogens with two attached hydrogens (primary N) is 1. The van der Waals surface area contributed by atoms with Crippen LogP contribution in [0.4, 0.5) is 5.82 Å². The first-order valence-electron chi connectivity index (χ1n) is 5.29. The second kappa shape index (κ2) is 5.03. The van der Waals surface area contributed by atoms with Crippen molar-refractivity contribution in [3.05, 3.63) is 23.8 Å². The lowest BCUT2D eigenvalue weighted by Gasteiger charge is -2.17. The number of H-pyrrole nitrogens is 1. The smallest absolute Gasteiger partial charge is 0.153 e. The Morgan fingerprint density at radius 3 is 2.88 bits per heavy atom. The number of rotatable bonds is 4. The van der Waals surface area contributed by atoms with E-state index in [2.05, 4.69) is 26.1 Å². The average molecular weight is 300 g/mol. The Morgan fingerprint density at radius 2 is 2.18 bits per heavy atom. The number of halogens is 1. The van der Waals surface area contributed by atoms with Crippen LogP contribution in [0.3, 0.4) is 0 Å². The van der Waals surface area contributed by atoms with Crippen LogP contribution >= 0.6 is 15.9 Å². The Morgan fingerprint density at radius 1 is 1.41 bits per heavy atom. The summed E-state index contributed by atoms with van der Waals surface area (Å²) in [5.74, 6) is 0.432. The number of hydrogen-bond donors (Lipinski definition) is 4. The molecule has 6 heteroatoms. The molecule has 2 aromatic rings. The van der Waals surface area contributed by atoms with Gasteiger partial charge in [0, 0.05) is 10.7 Å². The molecule has 0 aliphatic carbocycles. The molecule has 0 aliphatic rings. The second-order valence-corrected chi connectivity index (χ2v) is 4.70. The highest BCUT2D eigenvalue weighted by Crippen LogP contribution is 2.25. The number of aromatic amines is 1. The first kappa shape index (κ1) is 12.3. The van der Waals surface area contributed by atoms with Gasteiger partial charge in [0.25, 0.3) is 0 Å². The van der Waals surface area contributed by atoms with Gasteiger partial charge in [-0.15, -0.1) is 0 Å². The zero-order valence-corrected chi connectivity index (χ0v) is 10.7. The maximum Gasteiger partial charge on any atom is 0.153 e. The van der Waals surface area contributed by atoms with Crippen molar-refractivity contribution in [1.29, 1.82) is 0 Å². The Bertz CT molecular complexity index is 514. The Kier molecular flexibility index (Phi) is 3.66. The van der Waals surface area contributed by atoms with Gasteiger partial charge in [-0.1, -0.05) is 22.0 Å². The normalized spacial score (nSPS) is 15.0. The number of nitrogens with one attached hydrogen (secondary N) is 1. The third-order valence-corrected chi connectivity index (χ3v) is 3.19. The molecule has 1 aromatic heterocycles. The zero-order valence-electron chi connectivity index (χ0n) is 9.10. The molecule has 5 nitrogen and oxygen atoms in total. The number of benzene rings is 1. The zero-order chi connectivity index (χ0) is 12.4. The van der Waals surface area contributed by atoms with E-state index in [4.69, 9.17) is 5.73 Å². The highest BCUT2D eigenvalue weighted by atomic mass is 79.9. The third kappa shape index (κ3) is 2.43. The molecule has 0 amide bonds. The van der Waals surface area contributed by atoms with Crippen molar-refractivity contribution >= 4 is 32.7 Å². The van der Waals surface area contributed by atoms with Gasteiger partial charge in [-0.3, -0.25) is 5.10 Å². The fourth-order valence-electron chi connectivity index (χ4n) is 1.73. The van der Waals surface area contributed by atoms with Crippen molar-refractivity contribution in [3.63, 3.8) is 0 Å². The minimum Gasteiger partial charge on any atom is -0.390 e. The molecule has 0 fully saturated rings. The van der Waals surface area contributed by atoms with Crippen LogP contribution in [0.1, 0.15) is 18.1 Å². The molecule has 2 atom stereocenters. The first-order valence-corrected chi connectivity index (χ1v) is 6.41. The van der Waals surface area contributed by atoms with E-state index >= 15 is 0 Å². The van der Waals surface area contributed by atoms with Gasteiger partial charge in [-0.25, -0.2) is 0 Å². The molecule has 5 N–H and O–H groups in total. The van der Waals surface area contributed by atoms with E-state index in [-0.39, 0.29) is 0 Å². The predicted octanol–water partition coefficient (Wildman–Crippen LogP) is 1.32. The first-order chi connectivity index (χ1) is 8.13. The summed E-state index contributed by atoms with van der Waals surface area (Å²) in [5.41, 5.74) is 7.05. The molecule has 0 saturated carbocycles. The topological polar surface area (TPSA) is 95.2 Å². The van der Waals surface area contributed by atoms with E-state index in [0.29, 0.717) is 23.1 Å². The van der Waals surface area contributed by atoms with Gasteiger partial charge in [0.05, 0.1) is 11.6 Å². The number of fused-ring (bicyclic) bond motifs is 1. The standard InChI is InChI=1S/C11H14BrN3O2/c12-4-3-9(16)10(17)6-1-2-7-8(5-6)14-15-11(7)13/h1-2,5,9-10,16-17H,3-4H2,(H3,13,14,15). The Balaban J connectivity index is 2.29. The van der Waals surface area contributed by atoms with Crippen LogP contribution < -0.4 is 5.73 Å². The van der Waals surface area contributed by atoms with Crippen LogP contribution in [-0.2, 0) is 0 Å². The van der Waals surface area contributed by atoms with Gasteiger partial charge >= 0.3 is 0 Å². The summed E-state index contributed by atoms with van der Waals surface area (Å²) in [4.78, 5) is 0. The quantitative estimate of drug-likeness (QED) is 0.641. The molecule has 0 aliphatic heterocycles. The van der Waals surface area contributed by atoms with Crippen molar-refractivity contribution in [3.8, 4) is 0 Å². The summed E-state index contributed by atoms with van der Waals surface area (Å²) < 4.78 is 0. The Hall–Kier alpha value is -1.11. The number of hydrogen-bond acceptors (Lipinski definition) is 4. The lowest BCUT2D eigenvalue weighted by Crippen LogP contribution is -2.18. The fraction of sp³-hybridized carbons (Fsp3) is 0.364. The largest absolute Gasteiger partial charge is 0.390 e. The minimum atomic E-state index is -0.901. The minimum absolute atomic E-state index is 0.432. The van der Waals surface area contributed by atoms with Crippen LogP contribution in [0.5, 0.6) is 0 Å². The predicted molar refractivity (Wildman–Crippen MR) is 69.9 cm³/mol. The number of alkyl halides is 1. The average Bonchev–Trinajstić information content (AvgIpc) is 2.70. The van der Waals surface area contributed by atoms with Crippen LogP contribution in [0, 0.1) is 0 Å². The molecule has 1 heterocycles. The van der Waals surface area contributed by atoms with E-state index in [1.54, 1.807) is 18.2 Å². The molecular formula is C11H14BrN3O2. The van der Waals surface area contributed by atoms with Crippen molar-refractivity contribution in [1.82, 2.24) is 10.2 Å². The van der Waals surface area contributed by atoms with Crippen LogP contribution in [0.2, 0.25) is 0 Å². The number of aliphatic hydroxyl groups excluding tert-OH is 2. The maximum atomic E-state index is 9.95. The number of nitrogen functional groups attached to an aromatic ring is 1. The van der Waals surface area contributed by atoms with Gasteiger partial charge in [-0.05, 0) is 24.1 Å². The second-order valence-electron chi connectivity index (χ2n) is 3.90. The molecule has 0 saturated heterocycles. The van der Waals surface area contributed by atoms with Crippen LogP contribution in [-0.4, -0.2) is 31.8 Å². The summed E-state index contributed by atoms with van der Waals surface area (Å²) in [6, 6.07) is 5.28. The number of anilines is 1. The van der Waals surface area contributed by atoms with Gasteiger partial charge in [0.1, 0.15) is 6.10 Å². The lowest BCUT2D eigenvalue weighted by molar-refractivity contribution is 0.0174. The Labute approximate surface area is 107 Å². The van der Waals surface area contributed by atoms with E-state index in [1.807, 2.05) is 0 Å². The molecule has 17 heavy (non-hydrogen) atoms. The molecule has 0 spiro atoms. The summed E-state index contributed by atoms with van der Waals surface area (Å²) in [6.07, 6.45) is -1.20. The number of aliphatic hydroxyl groups is 2. The molecular weight excluding hydrogens is 286 g/mol. The molecule has 0 radical (unpaired) electrons. The number of aromatic nitrogens is 2. The number of nitrogens with zero attached hydrogens (tertiary/aromatic N) is 1. The fourth-order valence-corrected chi connectivity index (χ4v) is 2.20. The van der Waals surface area contributed by atoms with E-state index < -0.39 is 12.2 Å². The lowest BCUT2D eigenvalue weighted by atomic mass is 10.0. The molecule has 2 unspecified atom stereocenters. The van der Waals surface area contributed by atoms with Crippen LogP contribution in [0.15, 0.2) is 18.2 Å². The summed E-state index contributed by atoms with van der Waals surface area (Å²) in [7, 11) is 0. The summed E-state index contributed by atoms with van der Waals surface area (Å²) in [5, 5.41) is 27.8. The van der Waals surface area contributed by atoms with E-state index in [1.165, 1.54) is 0 Å². The molecule has 1 aromatic carbocycles. The van der Waals surface area contributed by atoms with E-state index in [9.17, 15) is 10.2 Å². The van der Waals surface area contributed by atoms with Crippen molar-refractivity contribution < 1.29 is 10.2 Å². The molecule has 92 valence electrons. The SMILES string of the molecule is Nc1n[nH]c2cc(C(O)C(O)CCBr)ccc12. The van der Waals surface area contributed by atoms with Gasteiger partial charge < -0.3 is 15.9 Å². The van der Waals surface area contributed by atoms with Gasteiger partial charge in [0.2, 0.25) is 0 Å². The van der Waals surface area contributed by atoms with Gasteiger partial charge in [-0.2, -0.15) is 5.10 Å². The van der Waals surface area contributed by atoms with Gasteiger partial charge in [0.15, 0.2) is 5.82 Å². The summed E-state index contributed by atoms with van der Waals surface area (Å²) in [6.45, 7) is 0.